The Labute approximate surface area is 198 Å². The average molecular weight is 466 g/mol. The third kappa shape index (κ3) is 8.76. The van der Waals surface area contributed by atoms with E-state index in [4.69, 9.17) is 19.9 Å². The number of esters is 2. The number of rotatable bonds is 11. The summed E-state index contributed by atoms with van der Waals surface area (Å²) in [5.41, 5.74) is 7.67. The summed E-state index contributed by atoms with van der Waals surface area (Å²) in [5.74, 6) is -1.27. The van der Waals surface area contributed by atoms with Crippen molar-refractivity contribution in [3.63, 3.8) is 0 Å². The van der Waals surface area contributed by atoms with E-state index < -0.39 is 17.9 Å². The monoisotopic (exact) mass is 465 g/mol. The summed E-state index contributed by atoms with van der Waals surface area (Å²) in [5, 5.41) is 11.6. The van der Waals surface area contributed by atoms with Crippen LogP contribution in [0.15, 0.2) is 54.2 Å². The van der Waals surface area contributed by atoms with Crippen molar-refractivity contribution >= 4 is 23.9 Å². The smallest absolute Gasteiger partial charge is 0.354 e. The van der Waals surface area contributed by atoms with Gasteiger partial charge in [0.15, 0.2) is 0 Å². The number of nitrogens with two attached hydrogens (primary N) is 1. The van der Waals surface area contributed by atoms with Gasteiger partial charge in [-0.2, -0.15) is 5.26 Å². The molecular weight excluding hydrogens is 438 g/mol. The van der Waals surface area contributed by atoms with Gasteiger partial charge in [-0.05, 0) is 36.3 Å². The third-order valence-electron chi connectivity index (χ3n) is 4.57. The number of methoxy groups -OCH3 is 1. The third-order valence-corrected chi connectivity index (χ3v) is 4.57. The van der Waals surface area contributed by atoms with Gasteiger partial charge in [-0.1, -0.05) is 30.3 Å². The zero-order valence-electron chi connectivity index (χ0n) is 19.1. The van der Waals surface area contributed by atoms with Crippen LogP contribution in [0.2, 0.25) is 0 Å². The van der Waals surface area contributed by atoms with Crippen molar-refractivity contribution in [2.45, 2.75) is 32.4 Å². The fourth-order valence-corrected chi connectivity index (χ4v) is 2.84. The highest BCUT2D eigenvalue weighted by Gasteiger charge is 2.15. The first kappa shape index (κ1) is 26.1. The number of nitrogens with zero attached hydrogens (tertiary/aromatic N) is 1. The summed E-state index contributed by atoms with van der Waals surface area (Å²) in [4.78, 5) is 35.4. The highest BCUT2D eigenvalue weighted by Crippen LogP contribution is 2.23. The number of carbonyl (C=O) groups is 3. The molecule has 0 saturated carbocycles. The van der Waals surface area contributed by atoms with E-state index in [1.807, 2.05) is 36.4 Å². The second-order valence-electron chi connectivity index (χ2n) is 7.35. The van der Waals surface area contributed by atoms with Crippen molar-refractivity contribution in [3.8, 4) is 11.8 Å². The van der Waals surface area contributed by atoms with Crippen molar-refractivity contribution in [2.75, 3.05) is 13.7 Å². The van der Waals surface area contributed by atoms with Crippen LogP contribution in [-0.4, -0.2) is 37.6 Å². The molecule has 1 atom stereocenters. The van der Waals surface area contributed by atoms with E-state index in [9.17, 15) is 19.6 Å². The summed E-state index contributed by atoms with van der Waals surface area (Å²) in [7, 11) is 1.19. The van der Waals surface area contributed by atoms with Gasteiger partial charge in [0, 0.05) is 24.9 Å². The first-order chi connectivity index (χ1) is 16.3. The van der Waals surface area contributed by atoms with E-state index >= 15 is 0 Å². The van der Waals surface area contributed by atoms with Gasteiger partial charge in [-0.15, -0.1) is 0 Å². The van der Waals surface area contributed by atoms with E-state index in [1.54, 1.807) is 12.1 Å². The molecule has 1 amide bonds. The van der Waals surface area contributed by atoms with Gasteiger partial charge < -0.3 is 25.3 Å². The second-order valence-corrected chi connectivity index (χ2v) is 7.35. The van der Waals surface area contributed by atoms with E-state index in [0.29, 0.717) is 17.5 Å². The molecule has 0 saturated heterocycles. The van der Waals surface area contributed by atoms with Crippen LogP contribution in [0.1, 0.15) is 36.5 Å². The number of hydrogen-bond acceptors (Lipinski definition) is 8. The molecule has 0 aromatic heterocycles. The Morgan fingerprint density at radius 1 is 1.18 bits per heavy atom. The standard InChI is InChI=1S/C25H27N3O6/c1-17(29)28-22(25(31)32-2)13-20-9-8-19(14-26)12-23(20)33-16-21(27)10-11-24(30)34-15-18-6-4-3-5-7-18/h3-9,12-13,21H,10-11,15-16,27H2,1-2H3,(H,28,29)/b22-13-/t21-/m1/s1. The number of nitrogens with one attached hydrogen (secondary N) is 1. The van der Waals surface area contributed by atoms with Gasteiger partial charge in [0.05, 0.1) is 18.7 Å². The molecule has 0 aliphatic heterocycles. The molecule has 0 spiro atoms. The van der Waals surface area contributed by atoms with Gasteiger partial charge in [-0.25, -0.2) is 4.79 Å². The SMILES string of the molecule is COC(=O)/C(=C/c1ccc(C#N)cc1OC[C@H](N)CCC(=O)OCc1ccccc1)NC(C)=O. The maximum Gasteiger partial charge on any atom is 0.354 e. The average Bonchev–Trinajstić information content (AvgIpc) is 2.84. The Balaban J connectivity index is 2.00. The van der Waals surface area contributed by atoms with Gasteiger partial charge >= 0.3 is 11.9 Å². The van der Waals surface area contributed by atoms with Crippen LogP contribution in [-0.2, 0) is 30.5 Å². The van der Waals surface area contributed by atoms with Crippen LogP contribution in [0.4, 0.5) is 0 Å². The number of nitriles is 1. The number of amides is 1. The lowest BCUT2D eigenvalue weighted by atomic mass is 10.1. The molecule has 0 aliphatic rings. The van der Waals surface area contributed by atoms with Crippen LogP contribution in [0.25, 0.3) is 6.08 Å². The van der Waals surface area contributed by atoms with E-state index in [2.05, 4.69) is 5.32 Å². The molecule has 0 fully saturated rings. The Morgan fingerprint density at radius 2 is 1.91 bits per heavy atom. The van der Waals surface area contributed by atoms with E-state index in [-0.39, 0.29) is 37.1 Å². The Kier molecular flexibility index (Phi) is 10.3. The molecular formula is C25H27N3O6. The molecule has 2 aromatic rings. The minimum Gasteiger partial charge on any atom is -0.491 e. The van der Waals surface area contributed by atoms with Crippen molar-refractivity contribution in [3.05, 3.63) is 70.9 Å². The summed E-state index contributed by atoms with van der Waals surface area (Å²) < 4.78 is 15.7. The molecule has 0 unspecified atom stereocenters. The lowest BCUT2D eigenvalue weighted by Gasteiger charge is -2.15. The highest BCUT2D eigenvalue weighted by molar-refractivity contribution is 5.97. The van der Waals surface area contributed by atoms with Gasteiger partial charge in [0.25, 0.3) is 0 Å². The molecule has 9 nitrogen and oxygen atoms in total. The van der Waals surface area contributed by atoms with Gasteiger partial charge in [0.2, 0.25) is 5.91 Å². The van der Waals surface area contributed by atoms with E-state index in [1.165, 1.54) is 26.2 Å². The van der Waals surface area contributed by atoms with Gasteiger partial charge in [-0.3, -0.25) is 9.59 Å². The molecule has 0 bridgehead atoms. The minimum absolute atomic E-state index is 0.0510. The topological polar surface area (TPSA) is 141 Å². The largest absolute Gasteiger partial charge is 0.491 e. The molecule has 0 aliphatic carbocycles. The summed E-state index contributed by atoms with van der Waals surface area (Å²) in [6.07, 6.45) is 1.84. The molecule has 2 aromatic carbocycles. The van der Waals surface area contributed by atoms with Crippen LogP contribution < -0.4 is 15.8 Å². The van der Waals surface area contributed by atoms with Gasteiger partial charge in [0.1, 0.15) is 24.7 Å². The zero-order chi connectivity index (χ0) is 24.9. The number of benzene rings is 2. The molecule has 34 heavy (non-hydrogen) atoms. The molecule has 0 heterocycles. The maximum absolute atomic E-state index is 12.0. The zero-order valence-corrected chi connectivity index (χ0v) is 19.1. The second kappa shape index (κ2) is 13.4. The molecule has 178 valence electrons. The van der Waals surface area contributed by atoms with Crippen LogP contribution in [0.3, 0.4) is 0 Å². The highest BCUT2D eigenvalue weighted by atomic mass is 16.5. The van der Waals surface area contributed by atoms with Crippen molar-refractivity contribution in [1.29, 1.82) is 5.26 Å². The number of ether oxygens (including phenoxy) is 3. The Bertz CT molecular complexity index is 1080. The number of hydrogen-bond donors (Lipinski definition) is 2. The van der Waals surface area contributed by atoms with Crippen molar-refractivity contribution < 1.29 is 28.6 Å². The van der Waals surface area contributed by atoms with E-state index in [0.717, 1.165) is 5.56 Å². The maximum atomic E-state index is 12.0. The molecule has 9 heteroatoms. The van der Waals surface area contributed by atoms with Crippen LogP contribution in [0.5, 0.6) is 5.75 Å². The van der Waals surface area contributed by atoms with Crippen LogP contribution >= 0.6 is 0 Å². The predicted molar refractivity (Wildman–Crippen MR) is 124 cm³/mol. The normalized spacial score (nSPS) is 11.6. The fourth-order valence-electron chi connectivity index (χ4n) is 2.84. The first-order valence-corrected chi connectivity index (χ1v) is 10.5. The first-order valence-electron chi connectivity index (χ1n) is 10.5. The molecule has 3 N–H and O–H groups in total. The lowest BCUT2D eigenvalue weighted by molar-refractivity contribution is -0.145. The van der Waals surface area contributed by atoms with Crippen LogP contribution in [0, 0.1) is 11.3 Å². The van der Waals surface area contributed by atoms with Crippen molar-refractivity contribution in [2.24, 2.45) is 5.73 Å². The van der Waals surface area contributed by atoms with Crippen molar-refractivity contribution in [1.82, 2.24) is 5.32 Å². The predicted octanol–water partition coefficient (Wildman–Crippen LogP) is 2.44. The summed E-state index contributed by atoms with van der Waals surface area (Å²) in [6, 6.07) is 15.5. The number of carbonyl (C=O) groups excluding carboxylic acids is 3. The lowest BCUT2D eigenvalue weighted by Crippen LogP contribution is -2.29. The minimum atomic E-state index is -0.740. The Hall–Kier alpha value is -4.16. The molecule has 0 radical (unpaired) electrons. The quantitative estimate of drug-likeness (QED) is 0.381. The Morgan fingerprint density at radius 3 is 2.56 bits per heavy atom. The molecule has 2 rings (SSSR count). The fraction of sp³-hybridized carbons (Fsp3) is 0.280. The summed E-state index contributed by atoms with van der Waals surface area (Å²) >= 11 is 0. The summed E-state index contributed by atoms with van der Waals surface area (Å²) in [6.45, 7) is 1.51.